The molecule has 2 N–H and O–H groups in total. The molecule has 0 aromatic heterocycles. The number of fused-ring (bicyclic) bond motifs is 1. The van der Waals surface area contributed by atoms with Crippen LogP contribution in [0.15, 0.2) is 24.3 Å². The van der Waals surface area contributed by atoms with Crippen molar-refractivity contribution < 1.29 is 4.79 Å². The summed E-state index contributed by atoms with van der Waals surface area (Å²) in [4.78, 5) is 10.9. The Morgan fingerprint density at radius 2 is 2.31 bits per heavy atom. The van der Waals surface area contributed by atoms with Gasteiger partial charge in [0.05, 0.1) is 0 Å². The fourth-order valence-electron chi connectivity index (χ4n) is 1.63. The summed E-state index contributed by atoms with van der Waals surface area (Å²) in [5.74, 6) is -0.00537. The molecule has 0 aliphatic carbocycles. The van der Waals surface area contributed by atoms with Crippen molar-refractivity contribution in [1.29, 1.82) is 0 Å². The van der Waals surface area contributed by atoms with Crippen LogP contribution in [-0.2, 0) is 11.3 Å². The predicted molar refractivity (Wildman–Crippen MR) is 49.8 cm³/mol. The third kappa shape index (κ3) is 1.55. The minimum atomic E-state index is -0.00583. The van der Waals surface area contributed by atoms with Crippen molar-refractivity contribution in [3.05, 3.63) is 35.4 Å². The molecule has 1 atom stereocenters. The fourth-order valence-corrected chi connectivity index (χ4v) is 1.63. The summed E-state index contributed by atoms with van der Waals surface area (Å²) in [6.45, 7) is 2.36. The standard InChI is InChI=1S/C10H12N2O/c1-7(13)12-10-9-5-3-2-4-8(9)6-11-10/h2-5,10-11H,6H2,1H3,(H,12,13). The molecule has 1 aromatic rings. The maximum absolute atomic E-state index is 10.9. The quantitative estimate of drug-likeness (QED) is 0.668. The van der Waals surface area contributed by atoms with Crippen LogP contribution in [-0.4, -0.2) is 5.91 Å². The van der Waals surface area contributed by atoms with Gasteiger partial charge in [0.2, 0.25) is 5.91 Å². The van der Waals surface area contributed by atoms with E-state index in [0.29, 0.717) is 0 Å². The van der Waals surface area contributed by atoms with Gasteiger partial charge in [-0.1, -0.05) is 24.3 Å². The van der Waals surface area contributed by atoms with E-state index in [2.05, 4.69) is 16.7 Å². The molecule has 68 valence electrons. The van der Waals surface area contributed by atoms with Crippen LogP contribution in [0, 0.1) is 0 Å². The average Bonchev–Trinajstić information content (AvgIpc) is 2.48. The number of hydrogen-bond donors (Lipinski definition) is 2. The lowest BCUT2D eigenvalue weighted by molar-refractivity contribution is -0.119. The first-order chi connectivity index (χ1) is 6.27. The summed E-state index contributed by atoms with van der Waals surface area (Å²) in [5.41, 5.74) is 2.44. The first-order valence-electron chi connectivity index (χ1n) is 4.35. The highest BCUT2D eigenvalue weighted by Crippen LogP contribution is 2.22. The Hall–Kier alpha value is -1.35. The van der Waals surface area contributed by atoms with E-state index >= 15 is 0 Å². The Bertz CT molecular complexity index is 335. The van der Waals surface area contributed by atoms with Crippen LogP contribution in [0.25, 0.3) is 0 Å². The van der Waals surface area contributed by atoms with Gasteiger partial charge in [0.1, 0.15) is 6.17 Å². The largest absolute Gasteiger partial charge is 0.337 e. The average molecular weight is 176 g/mol. The molecule has 0 saturated heterocycles. The molecule has 1 aliphatic heterocycles. The monoisotopic (exact) mass is 176 g/mol. The Kier molecular flexibility index (Phi) is 2.02. The molecule has 0 fully saturated rings. The van der Waals surface area contributed by atoms with Gasteiger partial charge in [-0.2, -0.15) is 0 Å². The Balaban J connectivity index is 2.23. The number of nitrogens with one attached hydrogen (secondary N) is 2. The molecule has 3 heteroatoms. The molecule has 1 aliphatic rings. The lowest BCUT2D eigenvalue weighted by Crippen LogP contribution is -2.32. The summed E-state index contributed by atoms with van der Waals surface area (Å²) in [5, 5.41) is 6.07. The summed E-state index contributed by atoms with van der Waals surface area (Å²) >= 11 is 0. The van der Waals surface area contributed by atoms with E-state index in [1.54, 1.807) is 0 Å². The van der Waals surface area contributed by atoms with Crippen LogP contribution in [0.1, 0.15) is 24.2 Å². The molecule has 0 radical (unpaired) electrons. The fraction of sp³-hybridized carbons (Fsp3) is 0.300. The molecule has 2 rings (SSSR count). The van der Waals surface area contributed by atoms with Crippen molar-refractivity contribution in [2.75, 3.05) is 0 Å². The van der Waals surface area contributed by atoms with Crippen molar-refractivity contribution in [3.8, 4) is 0 Å². The smallest absolute Gasteiger partial charge is 0.218 e. The summed E-state index contributed by atoms with van der Waals surface area (Å²) in [7, 11) is 0. The first kappa shape index (κ1) is 8.26. The molecule has 13 heavy (non-hydrogen) atoms. The predicted octanol–water partition coefficient (Wildman–Crippen LogP) is 0.924. The second-order valence-electron chi connectivity index (χ2n) is 3.21. The van der Waals surface area contributed by atoms with Crippen molar-refractivity contribution in [2.45, 2.75) is 19.6 Å². The Morgan fingerprint density at radius 1 is 1.54 bits per heavy atom. The first-order valence-corrected chi connectivity index (χ1v) is 4.35. The number of hydrogen-bond acceptors (Lipinski definition) is 2. The van der Waals surface area contributed by atoms with Crippen LogP contribution >= 0.6 is 0 Å². The number of amides is 1. The van der Waals surface area contributed by atoms with Crippen molar-refractivity contribution in [2.24, 2.45) is 0 Å². The van der Waals surface area contributed by atoms with Crippen LogP contribution in [0.3, 0.4) is 0 Å². The van der Waals surface area contributed by atoms with Crippen LogP contribution in [0.4, 0.5) is 0 Å². The van der Waals surface area contributed by atoms with Gasteiger partial charge in [-0.3, -0.25) is 10.1 Å². The maximum atomic E-state index is 10.9. The van der Waals surface area contributed by atoms with Gasteiger partial charge in [-0.15, -0.1) is 0 Å². The van der Waals surface area contributed by atoms with E-state index in [0.717, 1.165) is 6.54 Å². The van der Waals surface area contributed by atoms with Gasteiger partial charge in [0, 0.05) is 13.5 Å². The third-order valence-electron chi connectivity index (χ3n) is 2.21. The highest BCUT2D eigenvalue weighted by molar-refractivity contribution is 5.73. The van der Waals surface area contributed by atoms with E-state index in [-0.39, 0.29) is 12.1 Å². The Morgan fingerprint density at radius 3 is 3.08 bits per heavy atom. The number of rotatable bonds is 1. The molecule has 1 heterocycles. The minimum Gasteiger partial charge on any atom is -0.337 e. The SMILES string of the molecule is CC(=O)NC1NCc2ccccc21. The van der Waals surface area contributed by atoms with Crippen LogP contribution < -0.4 is 10.6 Å². The van der Waals surface area contributed by atoms with E-state index in [4.69, 9.17) is 0 Å². The zero-order valence-corrected chi connectivity index (χ0v) is 7.50. The van der Waals surface area contributed by atoms with Gasteiger partial charge in [0.25, 0.3) is 0 Å². The highest BCUT2D eigenvalue weighted by atomic mass is 16.1. The number of benzene rings is 1. The molecular weight excluding hydrogens is 164 g/mol. The summed E-state index contributed by atoms with van der Waals surface area (Å²) in [6, 6.07) is 8.11. The van der Waals surface area contributed by atoms with E-state index < -0.39 is 0 Å². The molecule has 3 nitrogen and oxygen atoms in total. The van der Waals surface area contributed by atoms with Crippen LogP contribution in [0.2, 0.25) is 0 Å². The minimum absolute atomic E-state index is 0.00537. The number of carbonyl (C=O) groups is 1. The molecule has 0 bridgehead atoms. The lowest BCUT2D eigenvalue weighted by atomic mass is 10.1. The number of carbonyl (C=O) groups excluding carboxylic acids is 1. The van der Waals surface area contributed by atoms with Gasteiger partial charge >= 0.3 is 0 Å². The van der Waals surface area contributed by atoms with Crippen molar-refractivity contribution in [1.82, 2.24) is 10.6 Å². The van der Waals surface area contributed by atoms with E-state index in [1.165, 1.54) is 18.1 Å². The molecule has 0 spiro atoms. The van der Waals surface area contributed by atoms with Crippen LogP contribution in [0.5, 0.6) is 0 Å². The van der Waals surface area contributed by atoms with Gasteiger partial charge in [-0.05, 0) is 11.1 Å². The third-order valence-corrected chi connectivity index (χ3v) is 2.21. The van der Waals surface area contributed by atoms with Crippen molar-refractivity contribution >= 4 is 5.91 Å². The summed E-state index contributed by atoms with van der Waals surface area (Å²) in [6.07, 6.45) is -0.00583. The van der Waals surface area contributed by atoms with E-state index in [9.17, 15) is 4.79 Å². The second-order valence-corrected chi connectivity index (χ2v) is 3.21. The Labute approximate surface area is 77.1 Å². The van der Waals surface area contributed by atoms with Gasteiger partial charge < -0.3 is 5.32 Å². The lowest BCUT2D eigenvalue weighted by Gasteiger charge is -2.12. The highest BCUT2D eigenvalue weighted by Gasteiger charge is 2.20. The molecule has 1 amide bonds. The normalized spacial score (nSPS) is 19.6. The maximum Gasteiger partial charge on any atom is 0.218 e. The topological polar surface area (TPSA) is 41.1 Å². The zero-order chi connectivity index (χ0) is 9.26. The van der Waals surface area contributed by atoms with E-state index in [1.807, 2.05) is 18.2 Å². The van der Waals surface area contributed by atoms with Gasteiger partial charge in [0.15, 0.2) is 0 Å². The van der Waals surface area contributed by atoms with Crippen molar-refractivity contribution in [3.63, 3.8) is 0 Å². The zero-order valence-electron chi connectivity index (χ0n) is 7.50. The molecule has 1 aromatic carbocycles. The molecular formula is C10H12N2O. The molecule has 0 saturated carbocycles. The second kappa shape index (κ2) is 3.18. The van der Waals surface area contributed by atoms with Gasteiger partial charge in [-0.25, -0.2) is 0 Å². The molecule has 1 unspecified atom stereocenters. The summed E-state index contributed by atoms with van der Waals surface area (Å²) < 4.78 is 0.